The molecule has 2 heterocycles. The molecule has 11 rings (SSSR count). The molecular formula is C62H47N3. The molecule has 0 aliphatic carbocycles. The number of hydrogen-bond acceptors (Lipinski definition) is 2. The lowest BCUT2D eigenvalue weighted by Crippen LogP contribution is -1.99. The normalized spacial score (nSPS) is 12.0. The Bertz CT molecular complexity index is 3620. The van der Waals surface area contributed by atoms with E-state index < -0.39 is 0 Å². The molecule has 0 amide bonds. The second-order valence-electron chi connectivity index (χ2n) is 17.0. The van der Waals surface area contributed by atoms with Gasteiger partial charge in [0.2, 0.25) is 0 Å². The number of benzene rings is 9. The van der Waals surface area contributed by atoms with Crippen LogP contribution in [0.1, 0.15) is 41.9 Å². The minimum Gasteiger partial charge on any atom is -0.317 e. The van der Waals surface area contributed by atoms with Crippen LogP contribution in [0.5, 0.6) is 0 Å². The average molecular weight is 834 g/mol. The van der Waals surface area contributed by atoms with Crippen molar-refractivity contribution in [3.05, 3.63) is 228 Å². The van der Waals surface area contributed by atoms with Crippen molar-refractivity contribution in [3.8, 4) is 50.3 Å². The van der Waals surface area contributed by atoms with Gasteiger partial charge in [0, 0.05) is 44.5 Å². The zero-order valence-electron chi connectivity index (χ0n) is 37.0. The summed E-state index contributed by atoms with van der Waals surface area (Å²) in [5, 5.41) is 7.18. The Morgan fingerprint density at radius 3 is 1.71 bits per heavy atom. The smallest absolute Gasteiger partial charge is 0.0979 e. The zero-order chi connectivity index (χ0) is 44.0. The Kier molecular flexibility index (Phi) is 10.1. The molecule has 0 aliphatic rings. The van der Waals surface area contributed by atoms with Crippen LogP contribution in [0.4, 0.5) is 0 Å². The second kappa shape index (κ2) is 16.5. The predicted molar refractivity (Wildman–Crippen MR) is 277 cm³/mol. The summed E-state index contributed by atoms with van der Waals surface area (Å²) in [7, 11) is 0. The monoisotopic (exact) mass is 833 g/mol. The topological polar surface area (TPSA) is 30.7 Å². The zero-order valence-corrected chi connectivity index (χ0v) is 37.0. The number of allylic oxidation sites excluding steroid dienone is 2. The summed E-state index contributed by atoms with van der Waals surface area (Å²) < 4.78 is 2.39. The van der Waals surface area contributed by atoms with Gasteiger partial charge in [-0.05, 0) is 118 Å². The van der Waals surface area contributed by atoms with Gasteiger partial charge in [-0.1, -0.05) is 182 Å². The van der Waals surface area contributed by atoms with E-state index in [0.29, 0.717) is 0 Å². The quantitative estimate of drug-likeness (QED) is 0.143. The van der Waals surface area contributed by atoms with Crippen LogP contribution in [0, 0.1) is 13.8 Å². The minimum atomic E-state index is 0.864. The summed E-state index contributed by atoms with van der Waals surface area (Å²) in [4.78, 5) is 10.2. The molecule has 0 aliphatic heterocycles. The van der Waals surface area contributed by atoms with Gasteiger partial charge in [-0.25, -0.2) is 4.98 Å². The largest absolute Gasteiger partial charge is 0.317 e. The van der Waals surface area contributed by atoms with Gasteiger partial charge in [0.05, 0.1) is 22.9 Å². The molecular weight excluding hydrogens is 787 g/mol. The third-order valence-corrected chi connectivity index (χ3v) is 13.1. The lowest BCUT2D eigenvalue weighted by atomic mass is 9.95. The van der Waals surface area contributed by atoms with Gasteiger partial charge in [-0.3, -0.25) is 4.98 Å². The highest BCUT2D eigenvalue weighted by molar-refractivity contribution is 6.23. The van der Waals surface area contributed by atoms with Crippen molar-refractivity contribution in [2.75, 3.05) is 0 Å². The molecule has 3 heteroatoms. The van der Waals surface area contributed by atoms with Gasteiger partial charge < -0.3 is 4.57 Å². The van der Waals surface area contributed by atoms with E-state index in [1.807, 2.05) is 6.20 Å². The molecule has 3 nitrogen and oxygen atoms in total. The summed E-state index contributed by atoms with van der Waals surface area (Å²) in [5.74, 6) is 0. The lowest BCUT2D eigenvalue weighted by molar-refractivity contribution is 0.963. The molecule has 2 aromatic heterocycles. The average Bonchev–Trinajstić information content (AvgIpc) is 3.60. The van der Waals surface area contributed by atoms with Crippen LogP contribution >= 0.6 is 0 Å². The van der Waals surface area contributed by atoms with Crippen LogP contribution in [0.3, 0.4) is 0 Å². The van der Waals surface area contributed by atoms with Crippen LogP contribution < -0.4 is 0 Å². The van der Waals surface area contributed by atoms with E-state index in [1.165, 1.54) is 77.5 Å². The number of hydrogen-bond donors (Lipinski definition) is 0. The fourth-order valence-electron chi connectivity index (χ4n) is 9.80. The highest BCUT2D eigenvalue weighted by atomic mass is 15.0. The van der Waals surface area contributed by atoms with Gasteiger partial charge >= 0.3 is 0 Å². The molecule has 310 valence electrons. The van der Waals surface area contributed by atoms with Crippen LogP contribution in [0.25, 0.3) is 111 Å². The van der Waals surface area contributed by atoms with Gasteiger partial charge in [-0.15, -0.1) is 0 Å². The molecule has 65 heavy (non-hydrogen) atoms. The van der Waals surface area contributed by atoms with E-state index in [0.717, 1.165) is 49.9 Å². The first-order valence-corrected chi connectivity index (χ1v) is 22.4. The summed E-state index contributed by atoms with van der Waals surface area (Å²) in [6, 6.07) is 67.6. The molecule has 0 atom stereocenters. The molecule has 9 aromatic carbocycles. The van der Waals surface area contributed by atoms with Gasteiger partial charge in [0.15, 0.2) is 0 Å². The summed E-state index contributed by atoms with van der Waals surface area (Å²) in [5.41, 5.74) is 19.5. The third-order valence-electron chi connectivity index (χ3n) is 13.1. The molecule has 0 radical (unpaired) electrons. The van der Waals surface area contributed by atoms with E-state index in [4.69, 9.17) is 9.97 Å². The Hall–Kier alpha value is -8.14. The van der Waals surface area contributed by atoms with E-state index in [1.54, 1.807) is 0 Å². The highest BCUT2D eigenvalue weighted by Gasteiger charge is 2.17. The number of rotatable bonds is 8. The summed E-state index contributed by atoms with van der Waals surface area (Å²) in [6.07, 6.45) is 8.65. The molecule has 0 bridgehead atoms. The fraction of sp³-hybridized carbons (Fsp3) is 0.0645. The maximum absolute atomic E-state index is 5.24. The van der Waals surface area contributed by atoms with Gasteiger partial charge in [0.25, 0.3) is 0 Å². The maximum atomic E-state index is 5.24. The fourth-order valence-corrected chi connectivity index (χ4v) is 9.80. The van der Waals surface area contributed by atoms with Crippen LogP contribution in [0.2, 0.25) is 0 Å². The molecule has 0 saturated heterocycles. The lowest BCUT2D eigenvalue weighted by Gasteiger charge is -2.12. The highest BCUT2D eigenvalue weighted by Crippen LogP contribution is 2.37. The third kappa shape index (κ3) is 7.12. The first kappa shape index (κ1) is 39.7. The molecule has 11 aromatic rings. The maximum Gasteiger partial charge on any atom is 0.0979 e. The van der Waals surface area contributed by atoms with E-state index in [-0.39, 0.29) is 0 Å². The first-order chi connectivity index (χ1) is 31.9. The van der Waals surface area contributed by atoms with Crippen molar-refractivity contribution in [2.45, 2.75) is 27.7 Å². The Morgan fingerprint density at radius 2 is 1.02 bits per heavy atom. The van der Waals surface area contributed by atoms with Crippen LogP contribution in [0.15, 0.2) is 200 Å². The summed E-state index contributed by atoms with van der Waals surface area (Å²) >= 11 is 0. The molecule has 0 saturated carbocycles. The minimum absolute atomic E-state index is 0.864. The summed E-state index contributed by atoms with van der Waals surface area (Å²) in [6.45, 7) is 8.78. The van der Waals surface area contributed by atoms with E-state index in [9.17, 15) is 0 Å². The van der Waals surface area contributed by atoms with Crippen molar-refractivity contribution in [1.29, 1.82) is 0 Å². The Morgan fingerprint density at radius 1 is 0.477 bits per heavy atom. The van der Waals surface area contributed by atoms with Gasteiger partial charge in [-0.2, -0.15) is 0 Å². The van der Waals surface area contributed by atoms with E-state index in [2.05, 4.69) is 239 Å². The van der Waals surface area contributed by atoms with Crippen molar-refractivity contribution in [1.82, 2.24) is 14.5 Å². The molecule has 0 fully saturated rings. The molecule has 0 spiro atoms. The predicted octanol–water partition coefficient (Wildman–Crippen LogP) is 16.8. The molecule has 0 unspecified atom stereocenters. The first-order valence-electron chi connectivity index (χ1n) is 22.4. The SMILES string of the molecule is C/C=C\c1c(/C=C(\C)c2ccc(-c3cccc4ccccc34)cc2)c(C)n(-c2ccc(-c3ccc(-c4cccc(-c5cnc6c7ccccc7c7ccccc7c6n5)c4)cc3)cc2)c1C. The van der Waals surface area contributed by atoms with Crippen molar-refractivity contribution in [3.63, 3.8) is 0 Å². The standard InChI is InChI=1S/C62H47N3/c1-5-14-52-41(3)65(42(4)59(52)37-40(2)43-25-31-48(32-26-43)54-24-13-16-47-15-6-7-19-53(47)54)51-35-33-45(34-36-51)44-27-29-46(30-28-44)49-17-12-18-50(38-49)60-39-63-61-57-22-10-8-20-55(57)56-21-9-11-23-58(56)62(61)64-60/h5-39H,1-4H3/b14-5-,40-37+. The van der Waals surface area contributed by atoms with Crippen molar-refractivity contribution >= 4 is 61.1 Å². The second-order valence-corrected chi connectivity index (χ2v) is 17.0. The van der Waals surface area contributed by atoms with E-state index >= 15 is 0 Å². The van der Waals surface area contributed by atoms with Crippen LogP contribution in [-0.4, -0.2) is 14.5 Å². The van der Waals surface area contributed by atoms with Crippen molar-refractivity contribution < 1.29 is 0 Å². The number of fused-ring (bicyclic) bond motifs is 7. The molecule has 0 N–H and O–H groups in total. The Balaban J connectivity index is 0.850. The van der Waals surface area contributed by atoms with Gasteiger partial charge in [0.1, 0.15) is 0 Å². The number of aromatic nitrogens is 3. The van der Waals surface area contributed by atoms with Crippen molar-refractivity contribution in [2.24, 2.45) is 0 Å². The number of nitrogens with zero attached hydrogens (tertiary/aromatic N) is 3. The Labute approximate surface area is 380 Å². The van der Waals surface area contributed by atoms with Crippen LogP contribution in [-0.2, 0) is 0 Å².